The maximum atomic E-state index is 10.8. The minimum atomic E-state index is -0.553. The number of nitrogens with zero attached hydrogens (tertiary/aromatic N) is 4. The van der Waals surface area contributed by atoms with Crippen molar-refractivity contribution in [2.24, 2.45) is 0 Å². The molecule has 7 heteroatoms. The number of hydrogen-bond acceptors (Lipinski definition) is 6. The fraction of sp³-hybridized carbons (Fsp3) is 0.500. The number of rotatable bonds is 4. The second kappa shape index (κ2) is 4.54. The Hall–Kier alpha value is -1.92. The van der Waals surface area contributed by atoms with Crippen LogP contribution in [0.25, 0.3) is 0 Å². The van der Waals surface area contributed by atoms with Gasteiger partial charge in [-0.25, -0.2) is 9.97 Å². The molecule has 1 aromatic heterocycles. The summed E-state index contributed by atoms with van der Waals surface area (Å²) in [6.07, 6.45) is 1.23. The number of anilines is 2. The summed E-state index contributed by atoms with van der Waals surface area (Å²) in [4.78, 5) is 19.5. The van der Waals surface area contributed by atoms with Crippen LogP contribution in [-0.2, 0) is 0 Å². The van der Waals surface area contributed by atoms with Crippen molar-refractivity contribution in [2.75, 3.05) is 23.7 Å². The lowest BCUT2D eigenvalue weighted by Gasteiger charge is -2.19. The molecule has 0 saturated heterocycles. The van der Waals surface area contributed by atoms with E-state index < -0.39 is 4.92 Å². The highest BCUT2D eigenvalue weighted by Gasteiger charge is 2.23. The third-order valence-corrected chi connectivity index (χ3v) is 2.08. The lowest BCUT2D eigenvalue weighted by molar-refractivity contribution is -0.383. The highest BCUT2D eigenvalue weighted by Crippen LogP contribution is 2.29. The predicted octanol–water partition coefficient (Wildman–Crippen LogP) is 0.813. The predicted molar refractivity (Wildman–Crippen MR) is 56.7 cm³/mol. The highest BCUT2D eigenvalue weighted by molar-refractivity contribution is 5.68. The zero-order valence-corrected chi connectivity index (χ0v) is 8.67. The SMILES string of the molecule is CCN(CC)c1ncnc(N)c1[N+](=O)[O-]. The quantitative estimate of drug-likeness (QED) is 0.584. The van der Waals surface area contributed by atoms with Crippen LogP contribution in [-0.4, -0.2) is 28.0 Å². The average molecular weight is 211 g/mol. The Bertz CT molecular complexity index is 364. The van der Waals surface area contributed by atoms with E-state index in [1.165, 1.54) is 6.33 Å². The second-order valence-electron chi connectivity index (χ2n) is 2.86. The van der Waals surface area contributed by atoms with Crippen LogP contribution < -0.4 is 10.6 Å². The third kappa shape index (κ3) is 2.12. The van der Waals surface area contributed by atoms with Gasteiger partial charge in [0.2, 0.25) is 11.6 Å². The van der Waals surface area contributed by atoms with E-state index in [-0.39, 0.29) is 17.3 Å². The van der Waals surface area contributed by atoms with Crippen LogP contribution in [0, 0.1) is 10.1 Å². The molecule has 1 rings (SSSR count). The zero-order chi connectivity index (χ0) is 11.4. The van der Waals surface area contributed by atoms with Crippen molar-refractivity contribution < 1.29 is 4.92 Å². The van der Waals surface area contributed by atoms with Crippen LogP contribution in [0.2, 0.25) is 0 Å². The lowest BCUT2D eigenvalue weighted by Crippen LogP contribution is -2.24. The van der Waals surface area contributed by atoms with Crippen LogP contribution >= 0.6 is 0 Å². The van der Waals surface area contributed by atoms with E-state index in [1.54, 1.807) is 4.90 Å². The van der Waals surface area contributed by atoms with Gasteiger partial charge in [-0.05, 0) is 13.8 Å². The van der Waals surface area contributed by atoms with Crippen molar-refractivity contribution >= 4 is 17.3 Å². The molecule has 15 heavy (non-hydrogen) atoms. The Labute approximate surface area is 87.1 Å². The molecule has 0 spiro atoms. The highest BCUT2D eigenvalue weighted by atomic mass is 16.6. The number of hydrogen-bond donors (Lipinski definition) is 1. The van der Waals surface area contributed by atoms with Gasteiger partial charge in [-0.1, -0.05) is 0 Å². The number of nitrogen functional groups attached to an aromatic ring is 1. The Morgan fingerprint density at radius 3 is 2.53 bits per heavy atom. The zero-order valence-electron chi connectivity index (χ0n) is 8.67. The van der Waals surface area contributed by atoms with Crippen LogP contribution in [0.5, 0.6) is 0 Å². The minimum Gasteiger partial charge on any atom is -0.378 e. The molecule has 82 valence electrons. The van der Waals surface area contributed by atoms with Crippen molar-refractivity contribution in [3.05, 3.63) is 16.4 Å². The molecule has 2 N–H and O–H groups in total. The molecule has 0 amide bonds. The fourth-order valence-corrected chi connectivity index (χ4v) is 1.31. The van der Waals surface area contributed by atoms with Gasteiger partial charge in [0.1, 0.15) is 6.33 Å². The average Bonchev–Trinajstić information content (AvgIpc) is 2.19. The molecule has 0 unspecified atom stereocenters. The van der Waals surface area contributed by atoms with E-state index >= 15 is 0 Å². The summed E-state index contributed by atoms with van der Waals surface area (Å²) in [6.45, 7) is 5.05. The van der Waals surface area contributed by atoms with Crippen LogP contribution in [0.15, 0.2) is 6.33 Å². The van der Waals surface area contributed by atoms with E-state index in [0.29, 0.717) is 13.1 Å². The van der Waals surface area contributed by atoms with Crippen LogP contribution in [0.4, 0.5) is 17.3 Å². The first-order chi connectivity index (χ1) is 7.11. The van der Waals surface area contributed by atoms with Crippen molar-refractivity contribution in [2.45, 2.75) is 13.8 Å². The van der Waals surface area contributed by atoms with Gasteiger partial charge < -0.3 is 10.6 Å². The Morgan fingerprint density at radius 2 is 2.07 bits per heavy atom. The molecule has 1 aromatic rings. The van der Waals surface area contributed by atoms with Gasteiger partial charge in [0, 0.05) is 13.1 Å². The van der Waals surface area contributed by atoms with Crippen LogP contribution in [0.1, 0.15) is 13.8 Å². The molecule has 0 radical (unpaired) electrons. The first kappa shape index (κ1) is 11.2. The molecule has 0 aliphatic rings. The molecule has 0 aliphatic carbocycles. The molecule has 0 aliphatic heterocycles. The first-order valence-corrected chi connectivity index (χ1v) is 4.61. The van der Waals surface area contributed by atoms with Crippen molar-refractivity contribution in [3.8, 4) is 0 Å². The Kier molecular flexibility index (Phi) is 3.37. The van der Waals surface area contributed by atoms with Gasteiger partial charge in [-0.3, -0.25) is 10.1 Å². The number of aromatic nitrogens is 2. The molecular weight excluding hydrogens is 198 g/mol. The minimum absolute atomic E-state index is 0.100. The number of nitro groups is 1. The molecule has 7 nitrogen and oxygen atoms in total. The van der Waals surface area contributed by atoms with Gasteiger partial charge >= 0.3 is 5.69 Å². The topological polar surface area (TPSA) is 98.2 Å². The molecule has 0 bridgehead atoms. The summed E-state index contributed by atoms with van der Waals surface area (Å²) in [5, 5.41) is 10.8. The summed E-state index contributed by atoms with van der Waals surface area (Å²) in [5.41, 5.74) is 5.23. The smallest absolute Gasteiger partial charge is 0.353 e. The van der Waals surface area contributed by atoms with Gasteiger partial charge in [0.25, 0.3) is 0 Å². The van der Waals surface area contributed by atoms with E-state index in [0.717, 1.165) is 0 Å². The molecule has 0 atom stereocenters. The second-order valence-corrected chi connectivity index (χ2v) is 2.86. The lowest BCUT2D eigenvalue weighted by atomic mass is 10.4. The summed E-state index contributed by atoms with van der Waals surface area (Å²) in [6, 6.07) is 0. The molecular formula is C8H13N5O2. The number of nitrogens with two attached hydrogens (primary N) is 1. The molecule has 0 fully saturated rings. The van der Waals surface area contributed by atoms with Crippen molar-refractivity contribution in [1.82, 2.24) is 9.97 Å². The van der Waals surface area contributed by atoms with Gasteiger partial charge in [-0.2, -0.15) is 0 Å². The largest absolute Gasteiger partial charge is 0.378 e. The third-order valence-electron chi connectivity index (χ3n) is 2.08. The monoisotopic (exact) mass is 211 g/mol. The summed E-state index contributed by atoms with van der Waals surface area (Å²) < 4.78 is 0. The van der Waals surface area contributed by atoms with E-state index in [2.05, 4.69) is 9.97 Å². The van der Waals surface area contributed by atoms with Crippen molar-refractivity contribution in [3.63, 3.8) is 0 Å². The van der Waals surface area contributed by atoms with E-state index in [9.17, 15) is 10.1 Å². The molecule has 0 aromatic carbocycles. The maximum absolute atomic E-state index is 10.8. The molecule has 1 heterocycles. The Balaban J connectivity index is 3.27. The van der Waals surface area contributed by atoms with Gasteiger partial charge in [0.15, 0.2) is 0 Å². The molecule has 0 saturated carbocycles. The first-order valence-electron chi connectivity index (χ1n) is 4.61. The summed E-state index contributed by atoms with van der Waals surface area (Å²) >= 11 is 0. The van der Waals surface area contributed by atoms with Crippen molar-refractivity contribution in [1.29, 1.82) is 0 Å². The standard InChI is InChI=1S/C8H13N5O2/c1-3-12(4-2)8-6(13(14)15)7(9)10-5-11-8/h5H,3-4H2,1-2H3,(H2,9,10,11). The van der Waals surface area contributed by atoms with Crippen LogP contribution in [0.3, 0.4) is 0 Å². The maximum Gasteiger partial charge on any atom is 0.353 e. The van der Waals surface area contributed by atoms with E-state index in [1.807, 2.05) is 13.8 Å². The van der Waals surface area contributed by atoms with E-state index in [4.69, 9.17) is 5.73 Å². The van der Waals surface area contributed by atoms with Gasteiger partial charge in [0.05, 0.1) is 4.92 Å². The fourth-order valence-electron chi connectivity index (χ4n) is 1.31. The normalized spacial score (nSPS) is 10.0. The van der Waals surface area contributed by atoms with Gasteiger partial charge in [-0.15, -0.1) is 0 Å². The summed E-state index contributed by atoms with van der Waals surface area (Å²) in [5.74, 6) is 0.175. The summed E-state index contributed by atoms with van der Waals surface area (Å²) in [7, 11) is 0. The Morgan fingerprint density at radius 1 is 1.47 bits per heavy atom.